The van der Waals surface area contributed by atoms with Crippen LogP contribution in [0.3, 0.4) is 0 Å². The van der Waals surface area contributed by atoms with Gasteiger partial charge in [-0.3, -0.25) is 4.79 Å². The maximum atomic E-state index is 12.6. The standard InChI is InChI=1S/C19H23NOS/c1-2-3-10-15-20-19(21)18(16-11-6-4-7-12-16)22-17-13-8-5-9-14-17/h4-9,11-14,18H,2-3,10,15H2,1H3,(H,20,21). The van der Waals surface area contributed by atoms with Gasteiger partial charge in [0.2, 0.25) is 5.91 Å². The van der Waals surface area contributed by atoms with Crippen molar-refractivity contribution in [1.29, 1.82) is 0 Å². The van der Waals surface area contributed by atoms with E-state index in [2.05, 4.69) is 12.2 Å². The summed E-state index contributed by atoms with van der Waals surface area (Å²) in [5.41, 5.74) is 1.05. The number of benzene rings is 2. The first kappa shape index (κ1) is 16.6. The van der Waals surface area contributed by atoms with E-state index in [-0.39, 0.29) is 11.2 Å². The number of carbonyl (C=O) groups is 1. The number of hydrogen-bond donors (Lipinski definition) is 1. The monoisotopic (exact) mass is 313 g/mol. The molecular formula is C19H23NOS. The molecule has 0 fully saturated rings. The number of amides is 1. The van der Waals surface area contributed by atoms with Crippen molar-refractivity contribution in [1.82, 2.24) is 5.32 Å². The van der Waals surface area contributed by atoms with Crippen LogP contribution in [0.4, 0.5) is 0 Å². The van der Waals surface area contributed by atoms with Crippen LogP contribution in [-0.2, 0) is 4.79 Å². The number of carbonyl (C=O) groups excluding carboxylic acids is 1. The van der Waals surface area contributed by atoms with Gasteiger partial charge in [-0.25, -0.2) is 0 Å². The van der Waals surface area contributed by atoms with Crippen LogP contribution in [0.15, 0.2) is 65.6 Å². The van der Waals surface area contributed by atoms with Crippen molar-refractivity contribution in [2.75, 3.05) is 6.54 Å². The van der Waals surface area contributed by atoms with E-state index in [1.165, 1.54) is 0 Å². The van der Waals surface area contributed by atoms with Gasteiger partial charge in [-0.2, -0.15) is 0 Å². The lowest BCUT2D eigenvalue weighted by Gasteiger charge is -2.17. The van der Waals surface area contributed by atoms with Gasteiger partial charge in [-0.15, -0.1) is 11.8 Å². The van der Waals surface area contributed by atoms with Gasteiger partial charge >= 0.3 is 0 Å². The molecule has 0 aliphatic carbocycles. The van der Waals surface area contributed by atoms with Crippen molar-refractivity contribution in [3.63, 3.8) is 0 Å². The molecular weight excluding hydrogens is 290 g/mol. The fraction of sp³-hybridized carbons (Fsp3) is 0.316. The summed E-state index contributed by atoms with van der Waals surface area (Å²) in [5, 5.41) is 2.87. The summed E-state index contributed by atoms with van der Waals surface area (Å²) in [6, 6.07) is 20.1. The van der Waals surface area contributed by atoms with Crippen LogP contribution in [0, 0.1) is 0 Å². The molecule has 2 aromatic carbocycles. The lowest BCUT2D eigenvalue weighted by molar-refractivity contribution is -0.120. The van der Waals surface area contributed by atoms with Gasteiger partial charge in [0, 0.05) is 11.4 Å². The third-order valence-corrected chi connectivity index (χ3v) is 4.68. The molecule has 2 nitrogen and oxygen atoms in total. The number of thioether (sulfide) groups is 1. The number of unbranched alkanes of at least 4 members (excludes halogenated alkanes) is 2. The fourth-order valence-electron chi connectivity index (χ4n) is 2.22. The highest BCUT2D eigenvalue weighted by atomic mass is 32.2. The van der Waals surface area contributed by atoms with Gasteiger partial charge in [-0.05, 0) is 24.1 Å². The summed E-state index contributed by atoms with van der Waals surface area (Å²) in [6.07, 6.45) is 3.36. The van der Waals surface area contributed by atoms with Crippen LogP contribution >= 0.6 is 11.8 Å². The van der Waals surface area contributed by atoms with Crippen molar-refractivity contribution in [3.8, 4) is 0 Å². The van der Waals surface area contributed by atoms with E-state index in [1.54, 1.807) is 11.8 Å². The lowest BCUT2D eigenvalue weighted by Crippen LogP contribution is -2.28. The molecule has 1 amide bonds. The first-order valence-electron chi connectivity index (χ1n) is 7.85. The zero-order chi connectivity index (χ0) is 15.6. The average molecular weight is 313 g/mol. The van der Waals surface area contributed by atoms with Crippen molar-refractivity contribution in [2.24, 2.45) is 0 Å². The molecule has 2 aromatic rings. The summed E-state index contributed by atoms with van der Waals surface area (Å²) < 4.78 is 0. The molecule has 0 aliphatic heterocycles. The van der Waals surface area contributed by atoms with E-state index in [0.717, 1.165) is 36.3 Å². The van der Waals surface area contributed by atoms with E-state index < -0.39 is 0 Å². The van der Waals surface area contributed by atoms with Crippen LogP contribution < -0.4 is 5.32 Å². The van der Waals surface area contributed by atoms with Crippen LogP contribution in [0.1, 0.15) is 37.0 Å². The van der Waals surface area contributed by atoms with Crippen LogP contribution in [0.2, 0.25) is 0 Å². The van der Waals surface area contributed by atoms with E-state index in [9.17, 15) is 4.79 Å². The van der Waals surface area contributed by atoms with E-state index in [4.69, 9.17) is 0 Å². The molecule has 0 spiro atoms. The van der Waals surface area contributed by atoms with Gasteiger partial charge in [0.25, 0.3) is 0 Å². The number of nitrogens with one attached hydrogen (secondary N) is 1. The molecule has 1 N–H and O–H groups in total. The Morgan fingerprint density at radius 1 is 1.00 bits per heavy atom. The molecule has 0 saturated carbocycles. The zero-order valence-electron chi connectivity index (χ0n) is 13.0. The highest BCUT2D eigenvalue weighted by Crippen LogP contribution is 2.35. The molecule has 3 heteroatoms. The predicted octanol–water partition coefficient (Wildman–Crippen LogP) is 4.83. The molecule has 1 unspecified atom stereocenters. The van der Waals surface area contributed by atoms with Crippen molar-refractivity contribution < 1.29 is 4.79 Å². The second kappa shape index (κ2) is 9.31. The summed E-state index contributed by atoms with van der Waals surface area (Å²) in [6.45, 7) is 2.92. The van der Waals surface area contributed by atoms with Gasteiger partial charge < -0.3 is 5.32 Å². The Bertz CT molecular complexity index is 556. The van der Waals surface area contributed by atoms with E-state index in [0.29, 0.717) is 0 Å². The van der Waals surface area contributed by atoms with Crippen molar-refractivity contribution in [3.05, 3.63) is 66.2 Å². The van der Waals surface area contributed by atoms with E-state index >= 15 is 0 Å². The second-order valence-electron chi connectivity index (χ2n) is 5.22. The van der Waals surface area contributed by atoms with Gasteiger partial charge in [0.15, 0.2) is 0 Å². The molecule has 2 rings (SSSR count). The molecule has 0 aromatic heterocycles. The average Bonchev–Trinajstić information content (AvgIpc) is 2.58. The molecule has 22 heavy (non-hydrogen) atoms. The first-order valence-corrected chi connectivity index (χ1v) is 8.73. The molecule has 0 aliphatic rings. The molecule has 116 valence electrons. The Labute approximate surface area is 137 Å². The first-order chi connectivity index (χ1) is 10.8. The van der Waals surface area contributed by atoms with Crippen molar-refractivity contribution >= 4 is 17.7 Å². The predicted molar refractivity (Wildman–Crippen MR) is 94.0 cm³/mol. The Morgan fingerprint density at radius 3 is 2.27 bits per heavy atom. The maximum absolute atomic E-state index is 12.6. The van der Waals surface area contributed by atoms with Crippen LogP contribution in [-0.4, -0.2) is 12.5 Å². The number of hydrogen-bond acceptors (Lipinski definition) is 2. The quantitative estimate of drug-likeness (QED) is 0.559. The summed E-state index contributed by atoms with van der Waals surface area (Å²) in [4.78, 5) is 13.7. The SMILES string of the molecule is CCCCCNC(=O)C(Sc1ccccc1)c1ccccc1. The minimum atomic E-state index is -0.203. The minimum absolute atomic E-state index is 0.0937. The maximum Gasteiger partial charge on any atom is 0.237 e. The highest BCUT2D eigenvalue weighted by molar-refractivity contribution is 8.00. The smallest absolute Gasteiger partial charge is 0.237 e. The third-order valence-electron chi connectivity index (χ3n) is 3.42. The summed E-state index contributed by atoms with van der Waals surface area (Å²) >= 11 is 1.60. The highest BCUT2D eigenvalue weighted by Gasteiger charge is 2.21. The third kappa shape index (κ3) is 5.23. The zero-order valence-corrected chi connectivity index (χ0v) is 13.8. The van der Waals surface area contributed by atoms with Crippen molar-refractivity contribution in [2.45, 2.75) is 36.3 Å². The largest absolute Gasteiger partial charge is 0.355 e. The molecule has 0 heterocycles. The Kier molecular flexibility index (Phi) is 7.04. The van der Waals surface area contributed by atoms with Gasteiger partial charge in [-0.1, -0.05) is 68.3 Å². The van der Waals surface area contributed by atoms with Gasteiger partial charge in [0.1, 0.15) is 5.25 Å². The Balaban J connectivity index is 2.06. The Morgan fingerprint density at radius 2 is 1.64 bits per heavy atom. The molecule has 1 atom stereocenters. The number of rotatable bonds is 8. The normalized spacial score (nSPS) is 11.9. The minimum Gasteiger partial charge on any atom is -0.355 e. The summed E-state index contributed by atoms with van der Waals surface area (Å²) in [7, 11) is 0. The molecule has 0 saturated heterocycles. The summed E-state index contributed by atoms with van der Waals surface area (Å²) in [5.74, 6) is 0.0937. The molecule has 0 radical (unpaired) electrons. The fourth-order valence-corrected chi connectivity index (χ4v) is 3.29. The molecule has 0 bridgehead atoms. The Hall–Kier alpha value is -1.74. The van der Waals surface area contributed by atoms with Gasteiger partial charge in [0.05, 0.1) is 0 Å². The topological polar surface area (TPSA) is 29.1 Å². The second-order valence-corrected chi connectivity index (χ2v) is 6.40. The van der Waals surface area contributed by atoms with E-state index in [1.807, 2.05) is 60.7 Å². The lowest BCUT2D eigenvalue weighted by atomic mass is 10.1. The van der Waals surface area contributed by atoms with Crippen LogP contribution in [0.5, 0.6) is 0 Å². The van der Waals surface area contributed by atoms with Crippen LogP contribution in [0.25, 0.3) is 0 Å².